The summed E-state index contributed by atoms with van der Waals surface area (Å²) in [7, 11) is -3.55. The first kappa shape index (κ1) is 17.2. The summed E-state index contributed by atoms with van der Waals surface area (Å²) < 4.78 is 33.6. The van der Waals surface area contributed by atoms with Gasteiger partial charge in [-0.15, -0.1) is 0 Å². The molecule has 0 atom stereocenters. The summed E-state index contributed by atoms with van der Waals surface area (Å²) in [5, 5.41) is 0. The highest BCUT2D eigenvalue weighted by Gasteiger charge is 2.32. The molecule has 0 saturated carbocycles. The van der Waals surface area contributed by atoms with Crippen LogP contribution in [0.4, 0.5) is 5.69 Å². The SMILES string of the molecule is CCOC1CCN(S(=O)(=O)c2c(Br)cc(N)cc2Br)CC1. The zero-order chi connectivity index (χ0) is 15.6. The molecule has 1 aromatic carbocycles. The molecular formula is C13H18Br2N2O3S. The second-order valence-electron chi connectivity index (χ2n) is 4.87. The Kier molecular flexibility index (Phi) is 5.70. The lowest BCUT2D eigenvalue weighted by molar-refractivity contribution is 0.0290. The molecule has 0 aliphatic carbocycles. The van der Waals surface area contributed by atoms with Crippen LogP contribution in [-0.4, -0.2) is 38.5 Å². The standard InChI is InChI=1S/C13H18Br2N2O3S/c1-2-20-10-3-5-17(6-4-10)21(18,19)13-11(14)7-9(16)8-12(13)15/h7-8,10H,2-6,16H2,1H3. The Morgan fingerprint density at radius 1 is 1.29 bits per heavy atom. The number of piperidine rings is 1. The van der Waals surface area contributed by atoms with Crippen LogP contribution in [0, 0.1) is 0 Å². The van der Waals surface area contributed by atoms with Crippen molar-refractivity contribution < 1.29 is 13.2 Å². The van der Waals surface area contributed by atoms with Crippen molar-refractivity contribution in [1.82, 2.24) is 4.31 Å². The van der Waals surface area contributed by atoms with Gasteiger partial charge in [0.25, 0.3) is 0 Å². The summed E-state index contributed by atoms with van der Waals surface area (Å²) in [5.41, 5.74) is 6.22. The quantitative estimate of drug-likeness (QED) is 0.729. The minimum atomic E-state index is -3.55. The molecule has 118 valence electrons. The fraction of sp³-hybridized carbons (Fsp3) is 0.538. The Morgan fingerprint density at radius 2 is 1.81 bits per heavy atom. The maximum absolute atomic E-state index is 12.8. The monoisotopic (exact) mass is 440 g/mol. The van der Waals surface area contributed by atoms with Gasteiger partial charge in [0.2, 0.25) is 10.0 Å². The normalized spacial score (nSPS) is 18.0. The van der Waals surface area contributed by atoms with Crippen LogP contribution in [-0.2, 0) is 14.8 Å². The van der Waals surface area contributed by atoms with Crippen LogP contribution in [0.3, 0.4) is 0 Å². The average molecular weight is 442 g/mol. The van der Waals surface area contributed by atoms with Crippen LogP contribution >= 0.6 is 31.9 Å². The number of anilines is 1. The third kappa shape index (κ3) is 3.79. The van der Waals surface area contributed by atoms with Crippen molar-refractivity contribution >= 4 is 47.6 Å². The highest BCUT2D eigenvalue weighted by Crippen LogP contribution is 2.35. The second-order valence-corrected chi connectivity index (χ2v) is 8.46. The molecule has 2 N–H and O–H groups in total. The minimum absolute atomic E-state index is 0.153. The highest BCUT2D eigenvalue weighted by atomic mass is 79.9. The Hall–Kier alpha value is -0.150. The molecule has 21 heavy (non-hydrogen) atoms. The largest absolute Gasteiger partial charge is 0.399 e. The Morgan fingerprint density at radius 3 is 2.29 bits per heavy atom. The summed E-state index contributed by atoms with van der Waals surface area (Å²) in [6.07, 6.45) is 1.59. The minimum Gasteiger partial charge on any atom is -0.399 e. The van der Waals surface area contributed by atoms with Crippen molar-refractivity contribution in [1.29, 1.82) is 0 Å². The third-order valence-corrected chi connectivity index (χ3v) is 7.20. The maximum Gasteiger partial charge on any atom is 0.245 e. The van der Waals surface area contributed by atoms with Crippen LogP contribution in [0.1, 0.15) is 19.8 Å². The maximum atomic E-state index is 12.8. The van der Waals surface area contributed by atoms with Crippen LogP contribution in [0.5, 0.6) is 0 Å². The molecule has 1 aliphatic rings. The molecule has 0 amide bonds. The average Bonchev–Trinajstić information content (AvgIpc) is 2.38. The molecule has 1 heterocycles. The summed E-state index contributed by atoms with van der Waals surface area (Å²) in [6, 6.07) is 3.20. The van der Waals surface area contributed by atoms with Gasteiger partial charge in [-0.1, -0.05) is 0 Å². The molecular weight excluding hydrogens is 424 g/mol. The van der Waals surface area contributed by atoms with Gasteiger partial charge >= 0.3 is 0 Å². The number of sulfonamides is 1. The van der Waals surface area contributed by atoms with Crippen LogP contribution in [0.2, 0.25) is 0 Å². The van der Waals surface area contributed by atoms with Gasteiger partial charge < -0.3 is 10.5 Å². The summed E-state index contributed by atoms with van der Waals surface area (Å²) >= 11 is 6.59. The highest BCUT2D eigenvalue weighted by molar-refractivity contribution is 9.11. The van der Waals surface area contributed by atoms with E-state index in [1.807, 2.05) is 6.92 Å². The van der Waals surface area contributed by atoms with Gasteiger partial charge in [-0.05, 0) is 63.8 Å². The van der Waals surface area contributed by atoms with Gasteiger partial charge in [-0.2, -0.15) is 4.31 Å². The van der Waals surface area contributed by atoms with Crippen molar-refractivity contribution in [2.45, 2.75) is 30.8 Å². The second kappa shape index (κ2) is 6.95. The molecule has 0 unspecified atom stereocenters. The van der Waals surface area contributed by atoms with Crippen molar-refractivity contribution in [3.63, 3.8) is 0 Å². The number of hydrogen-bond donors (Lipinski definition) is 1. The molecule has 0 aromatic heterocycles. The number of nitrogens with zero attached hydrogens (tertiary/aromatic N) is 1. The van der Waals surface area contributed by atoms with Crippen molar-refractivity contribution in [3.8, 4) is 0 Å². The summed E-state index contributed by atoms with van der Waals surface area (Å²) in [5.74, 6) is 0. The fourth-order valence-corrected chi connectivity index (χ4v) is 6.44. The number of ether oxygens (including phenoxy) is 1. The van der Waals surface area contributed by atoms with Gasteiger partial charge in [0.1, 0.15) is 4.90 Å². The Balaban J connectivity index is 2.24. The zero-order valence-corrected chi connectivity index (χ0v) is 15.7. The smallest absolute Gasteiger partial charge is 0.245 e. The van der Waals surface area contributed by atoms with E-state index in [4.69, 9.17) is 10.5 Å². The number of halogens is 2. The first-order valence-electron chi connectivity index (χ1n) is 6.72. The molecule has 1 fully saturated rings. The van der Waals surface area contributed by atoms with E-state index in [9.17, 15) is 8.42 Å². The zero-order valence-electron chi connectivity index (χ0n) is 11.7. The predicted molar refractivity (Wildman–Crippen MR) is 89.7 cm³/mol. The van der Waals surface area contributed by atoms with Gasteiger partial charge in [0.15, 0.2) is 0 Å². The lowest BCUT2D eigenvalue weighted by Crippen LogP contribution is -2.41. The molecule has 0 bridgehead atoms. The van der Waals surface area contributed by atoms with Gasteiger partial charge in [-0.25, -0.2) is 8.42 Å². The van der Waals surface area contributed by atoms with Gasteiger partial charge in [-0.3, -0.25) is 0 Å². The number of rotatable bonds is 4. The van der Waals surface area contributed by atoms with E-state index in [-0.39, 0.29) is 11.0 Å². The molecule has 1 aromatic rings. The van der Waals surface area contributed by atoms with Crippen LogP contribution in [0.15, 0.2) is 26.0 Å². The van der Waals surface area contributed by atoms with E-state index in [2.05, 4.69) is 31.9 Å². The lowest BCUT2D eigenvalue weighted by atomic mass is 10.1. The van der Waals surface area contributed by atoms with Crippen molar-refractivity contribution in [3.05, 3.63) is 21.1 Å². The Bertz CT molecular complexity index is 591. The van der Waals surface area contributed by atoms with E-state index in [0.29, 0.717) is 34.3 Å². The Labute approximate surface area is 142 Å². The molecule has 0 radical (unpaired) electrons. The van der Waals surface area contributed by atoms with E-state index >= 15 is 0 Å². The summed E-state index contributed by atoms with van der Waals surface area (Å²) in [6.45, 7) is 3.55. The number of hydrogen-bond acceptors (Lipinski definition) is 4. The lowest BCUT2D eigenvalue weighted by Gasteiger charge is -2.31. The van der Waals surface area contributed by atoms with E-state index in [1.54, 1.807) is 12.1 Å². The summed E-state index contributed by atoms with van der Waals surface area (Å²) in [4.78, 5) is 0.228. The van der Waals surface area contributed by atoms with Crippen molar-refractivity contribution in [2.75, 3.05) is 25.4 Å². The van der Waals surface area contributed by atoms with Gasteiger partial charge in [0, 0.05) is 34.3 Å². The number of benzene rings is 1. The molecule has 8 heteroatoms. The molecule has 0 spiro atoms. The van der Waals surface area contributed by atoms with Crippen LogP contribution in [0.25, 0.3) is 0 Å². The predicted octanol–water partition coefficient (Wildman–Crippen LogP) is 2.98. The van der Waals surface area contributed by atoms with E-state index < -0.39 is 10.0 Å². The van der Waals surface area contributed by atoms with E-state index in [0.717, 1.165) is 12.8 Å². The first-order valence-corrected chi connectivity index (χ1v) is 9.75. The topological polar surface area (TPSA) is 72.6 Å². The molecule has 2 rings (SSSR count). The van der Waals surface area contributed by atoms with Crippen LogP contribution < -0.4 is 5.73 Å². The first-order chi connectivity index (χ1) is 9.86. The molecule has 1 aliphatic heterocycles. The molecule has 5 nitrogen and oxygen atoms in total. The number of nitrogens with two attached hydrogens (primary N) is 1. The fourth-order valence-electron chi connectivity index (χ4n) is 2.43. The van der Waals surface area contributed by atoms with Gasteiger partial charge in [0.05, 0.1) is 6.10 Å². The van der Waals surface area contributed by atoms with E-state index in [1.165, 1.54) is 4.31 Å². The van der Waals surface area contributed by atoms with Crippen molar-refractivity contribution in [2.24, 2.45) is 0 Å². The third-order valence-electron chi connectivity index (χ3n) is 3.42. The number of nitrogen functional groups attached to an aromatic ring is 1. The molecule has 1 saturated heterocycles.